The highest BCUT2D eigenvalue weighted by molar-refractivity contribution is 5.75. The summed E-state index contributed by atoms with van der Waals surface area (Å²) in [6, 6.07) is 0. The third-order valence-electron chi connectivity index (χ3n) is 2.90. The number of rotatable bonds is 9. The summed E-state index contributed by atoms with van der Waals surface area (Å²) in [5.74, 6) is -0.667. The summed E-state index contributed by atoms with van der Waals surface area (Å²) in [7, 11) is 0. The Bertz CT molecular complexity index is 244. The molecule has 2 amide bonds. The van der Waals surface area contributed by atoms with Crippen LogP contribution in [0.5, 0.6) is 0 Å². The molecule has 0 aromatic rings. The van der Waals surface area contributed by atoms with Crippen molar-refractivity contribution in [3.63, 3.8) is 0 Å². The number of carbonyl (C=O) groups is 2. The number of quaternary nitrogens is 1. The van der Waals surface area contributed by atoms with Crippen molar-refractivity contribution >= 4 is 11.8 Å². The Labute approximate surface area is 109 Å². The Morgan fingerprint density at radius 1 is 1.12 bits per heavy atom. The van der Waals surface area contributed by atoms with Crippen molar-refractivity contribution in [1.29, 1.82) is 0 Å². The van der Waals surface area contributed by atoms with Crippen molar-refractivity contribution in [1.82, 2.24) is 5.32 Å². The van der Waals surface area contributed by atoms with E-state index in [4.69, 9.17) is 11.5 Å². The van der Waals surface area contributed by atoms with Gasteiger partial charge in [-0.25, -0.2) is 0 Å². The number of nitrogens with two attached hydrogens (primary N) is 2. The number of likely N-dealkylation sites (N-methyl/N-ethyl adjacent to an activating group) is 1. The number of nitrogens with zero attached hydrogens (tertiary/aromatic N) is 1. The van der Waals surface area contributed by atoms with Crippen molar-refractivity contribution in [3.8, 4) is 0 Å². The highest BCUT2D eigenvalue weighted by Gasteiger charge is 2.24. The number of halogens is 1. The van der Waals surface area contributed by atoms with E-state index in [1.54, 1.807) is 0 Å². The largest absolute Gasteiger partial charge is 1.00 e. The van der Waals surface area contributed by atoms with Gasteiger partial charge >= 0.3 is 0 Å². The van der Waals surface area contributed by atoms with Gasteiger partial charge in [-0.1, -0.05) is 0 Å². The van der Waals surface area contributed by atoms with Crippen molar-refractivity contribution in [2.75, 3.05) is 39.3 Å². The molecule has 6 nitrogen and oxygen atoms in total. The topological polar surface area (TPSA) is 98.2 Å². The maximum Gasteiger partial charge on any atom is 0.272 e. The van der Waals surface area contributed by atoms with E-state index in [-0.39, 0.29) is 30.8 Å². The lowest BCUT2D eigenvalue weighted by Crippen LogP contribution is -3.00. The first kappa shape index (κ1) is 18.5. The van der Waals surface area contributed by atoms with E-state index in [0.717, 1.165) is 19.6 Å². The summed E-state index contributed by atoms with van der Waals surface area (Å²) in [5, 5.41) is 2.94. The van der Waals surface area contributed by atoms with Gasteiger partial charge in [-0.15, -0.1) is 0 Å². The molecule has 0 radical (unpaired) electrons. The van der Waals surface area contributed by atoms with Crippen LogP contribution in [0.25, 0.3) is 0 Å². The van der Waals surface area contributed by atoms with Gasteiger partial charge in [-0.05, 0) is 13.8 Å². The van der Waals surface area contributed by atoms with Crippen LogP contribution in [-0.4, -0.2) is 55.6 Å². The summed E-state index contributed by atoms with van der Waals surface area (Å²) in [4.78, 5) is 21.5. The summed E-state index contributed by atoms with van der Waals surface area (Å²) in [6.45, 7) is 7.67. The third-order valence-corrected chi connectivity index (χ3v) is 2.90. The lowest BCUT2D eigenvalue weighted by atomic mass is 10.3. The van der Waals surface area contributed by atoms with Crippen molar-refractivity contribution in [2.45, 2.75) is 13.8 Å². The Balaban J connectivity index is 0. The van der Waals surface area contributed by atoms with Gasteiger partial charge in [-0.3, -0.25) is 9.59 Å². The first-order valence-corrected chi connectivity index (χ1v) is 5.58. The molecule has 0 aliphatic carbocycles. The fourth-order valence-electron chi connectivity index (χ4n) is 1.70. The summed E-state index contributed by atoms with van der Waals surface area (Å²) in [5.41, 5.74) is 10.2. The van der Waals surface area contributed by atoms with Gasteiger partial charge in [-0.2, -0.15) is 0 Å². The SMILES string of the molecule is CC[N+](CC)(CCNCC(N)=O)CC(N)=O.[Cl-]. The van der Waals surface area contributed by atoms with E-state index < -0.39 is 0 Å². The quantitative estimate of drug-likeness (QED) is 0.289. The van der Waals surface area contributed by atoms with E-state index in [2.05, 4.69) is 5.32 Å². The molecule has 102 valence electrons. The number of amides is 2. The lowest BCUT2D eigenvalue weighted by molar-refractivity contribution is -0.916. The first-order chi connectivity index (χ1) is 7.45. The second-order valence-corrected chi connectivity index (χ2v) is 3.97. The minimum Gasteiger partial charge on any atom is -1.00 e. The van der Waals surface area contributed by atoms with Crippen LogP contribution in [-0.2, 0) is 9.59 Å². The summed E-state index contributed by atoms with van der Waals surface area (Å²) in [6.07, 6.45) is 0. The number of carbonyl (C=O) groups excluding carboxylic acids is 2. The Morgan fingerprint density at radius 3 is 2.00 bits per heavy atom. The molecule has 0 spiro atoms. The van der Waals surface area contributed by atoms with E-state index in [0.29, 0.717) is 17.6 Å². The third kappa shape index (κ3) is 7.95. The fourth-order valence-corrected chi connectivity index (χ4v) is 1.70. The smallest absolute Gasteiger partial charge is 0.272 e. The van der Waals surface area contributed by atoms with Crippen LogP contribution in [0.4, 0.5) is 0 Å². The molecule has 0 saturated carbocycles. The number of hydrogen-bond acceptors (Lipinski definition) is 3. The molecule has 0 unspecified atom stereocenters. The molecule has 7 heteroatoms. The normalized spacial score (nSPS) is 10.7. The molecule has 0 heterocycles. The first-order valence-electron chi connectivity index (χ1n) is 5.58. The standard InChI is InChI=1S/C10H22N4O2.ClH/c1-3-14(4-2,8-10(12)16)6-5-13-7-9(11)15;/h13H,3-8H2,1-2H3,(H3-,11,12,15,16);1H. The second-order valence-electron chi connectivity index (χ2n) is 3.97. The van der Waals surface area contributed by atoms with Crippen molar-refractivity contribution in [3.05, 3.63) is 0 Å². The molecule has 0 aliphatic rings. The van der Waals surface area contributed by atoms with Gasteiger partial charge in [0, 0.05) is 6.54 Å². The van der Waals surface area contributed by atoms with E-state index in [9.17, 15) is 9.59 Å². The monoisotopic (exact) mass is 266 g/mol. The van der Waals surface area contributed by atoms with Crippen LogP contribution < -0.4 is 29.2 Å². The number of nitrogens with one attached hydrogen (secondary N) is 1. The van der Waals surface area contributed by atoms with E-state index in [1.807, 2.05) is 13.8 Å². The van der Waals surface area contributed by atoms with Gasteiger partial charge in [0.25, 0.3) is 5.91 Å². The van der Waals surface area contributed by atoms with Gasteiger partial charge in [0.05, 0.1) is 26.2 Å². The van der Waals surface area contributed by atoms with Crippen molar-refractivity contribution < 1.29 is 26.5 Å². The molecule has 0 saturated heterocycles. The highest BCUT2D eigenvalue weighted by Crippen LogP contribution is 2.04. The van der Waals surface area contributed by atoms with Crippen LogP contribution in [0.3, 0.4) is 0 Å². The van der Waals surface area contributed by atoms with Gasteiger partial charge in [0.2, 0.25) is 5.91 Å². The molecule has 0 atom stereocenters. The van der Waals surface area contributed by atoms with Crippen LogP contribution in [0, 0.1) is 0 Å². The Morgan fingerprint density at radius 2 is 1.65 bits per heavy atom. The zero-order valence-corrected chi connectivity index (χ0v) is 11.3. The average Bonchev–Trinajstić information content (AvgIpc) is 2.22. The zero-order chi connectivity index (χ0) is 12.6. The second kappa shape index (κ2) is 9.21. The molecule has 0 rings (SSSR count). The minimum atomic E-state index is -0.374. The molecular formula is C10H23ClN4O2. The zero-order valence-electron chi connectivity index (χ0n) is 10.5. The van der Waals surface area contributed by atoms with Crippen LogP contribution in [0.15, 0.2) is 0 Å². The molecular weight excluding hydrogens is 244 g/mol. The molecule has 5 N–H and O–H groups in total. The molecule has 17 heavy (non-hydrogen) atoms. The predicted molar refractivity (Wildman–Crippen MR) is 62.3 cm³/mol. The lowest BCUT2D eigenvalue weighted by Gasteiger charge is -2.35. The maximum absolute atomic E-state index is 11.0. The highest BCUT2D eigenvalue weighted by atomic mass is 35.5. The van der Waals surface area contributed by atoms with E-state index in [1.165, 1.54) is 0 Å². The Hall–Kier alpha value is -0.850. The van der Waals surface area contributed by atoms with Gasteiger partial charge in [0.1, 0.15) is 0 Å². The molecule has 0 aromatic heterocycles. The fraction of sp³-hybridized carbons (Fsp3) is 0.800. The van der Waals surface area contributed by atoms with Crippen LogP contribution in [0.1, 0.15) is 13.8 Å². The van der Waals surface area contributed by atoms with Crippen LogP contribution >= 0.6 is 0 Å². The molecule has 0 bridgehead atoms. The maximum atomic E-state index is 11.0. The van der Waals surface area contributed by atoms with Gasteiger partial charge in [0.15, 0.2) is 6.54 Å². The summed E-state index contributed by atoms with van der Waals surface area (Å²) < 4.78 is 0.640. The average molecular weight is 267 g/mol. The number of hydrogen-bond donors (Lipinski definition) is 3. The Kier molecular flexibility index (Phi) is 10.0. The molecule has 0 fully saturated rings. The molecule has 0 aliphatic heterocycles. The van der Waals surface area contributed by atoms with Crippen LogP contribution in [0.2, 0.25) is 0 Å². The molecule has 0 aromatic carbocycles. The number of primary amides is 2. The van der Waals surface area contributed by atoms with Crippen molar-refractivity contribution in [2.24, 2.45) is 11.5 Å². The minimum absolute atomic E-state index is 0. The van der Waals surface area contributed by atoms with E-state index >= 15 is 0 Å². The predicted octanol–water partition coefficient (Wildman–Crippen LogP) is -4.59. The summed E-state index contributed by atoms with van der Waals surface area (Å²) >= 11 is 0. The van der Waals surface area contributed by atoms with Gasteiger partial charge < -0.3 is 33.7 Å².